The molecule has 33 heavy (non-hydrogen) atoms. The number of hydrogen-bond donors (Lipinski definition) is 4. The zero-order chi connectivity index (χ0) is 23.8. The largest absolute Gasteiger partial charge is 0.396 e. The second-order valence-corrected chi connectivity index (χ2v) is 8.67. The number of nitrogens with zero attached hydrogens (tertiary/aromatic N) is 1. The Morgan fingerprint density at radius 2 is 1.64 bits per heavy atom. The molecule has 1 saturated heterocycles. The molecule has 176 valence electrons. The van der Waals surface area contributed by atoms with Gasteiger partial charge in [0, 0.05) is 36.6 Å². The number of carbonyl (C=O) groups excluding carboxylic acids is 3. The molecule has 0 aliphatic carbocycles. The van der Waals surface area contributed by atoms with Crippen molar-refractivity contribution in [3.8, 4) is 0 Å². The van der Waals surface area contributed by atoms with Crippen molar-refractivity contribution in [2.24, 2.45) is 11.8 Å². The van der Waals surface area contributed by atoms with Gasteiger partial charge < -0.3 is 26.0 Å². The summed E-state index contributed by atoms with van der Waals surface area (Å²) in [6.45, 7) is 5.07. The van der Waals surface area contributed by atoms with Crippen LogP contribution in [-0.2, 0) is 4.79 Å². The summed E-state index contributed by atoms with van der Waals surface area (Å²) in [5, 5.41) is 17.6. The van der Waals surface area contributed by atoms with Crippen molar-refractivity contribution in [2.75, 3.05) is 30.3 Å². The molecule has 1 unspecified atom stereocenters. The zero-order valence-corrected chi connectivity index (χ0v) is 19.1. The molecule has 2 aromatic carbocycles. The number of likely N-dealkylation sites (tertiary alicyclic amines) is 1. The van der Waals surface area contributed by atoms with Crippen molar-refractivity contribution in [1.82, 2.24) is 10.2 Å². The van der Waals surface area contributed by atoms with Gasteiger partial charge in [-0.1, -0.05) is 38.1 Å². The minimum absolute atomic E-state index is 0.0942. The SMILES string of the molecule is CC(C)C(NC(=O)Nc1ccccc1)C(=O)Nc1cccc(C(=O)N2CCC(CO)CC2)c1. The number of para-hydroxylation sites is 1. The van der Waals surface area contributed by atoms with Gasteiger partial charge in [0.2, 0.25) is 5.91 Å². The highest BCUT2D eigenvalue weighted by Gasteiger charge is 2.26. The van der Waals surface area contributed by atoms with E-state index in [-0.39, 0.29) is 30.3 Å². The summed E-state index contributed by atoms with van der Waals surface area (Å²) in [4.78, 5) is 40.0. The molecule has 0 saturated carbocycles. The topological polar surface area (TPSA) is 111 Å². The van der Waals surface area contributed by atoms with Gasteiger partial charge in [0.1, 0.15) is 6.04 Å². The Balaban J connectivity index is 1.62. The van der Waals surface area contributed by atoms with Crippen LogP contribution in [0.4, 0.5) is 16.2 Å². The van der Waals surface area contributed by atoms with Crippen molar-refractivity contribution in [3.63, 3.8) is 0 Å². The summed E-state index contributed by atoms with van der Waals surface area (Å²) in [5.41, 5.74) is 1.62. The zero-order valence-electron chi connectivity index (χ0n) is 19.1. The van der Waals surface area contributed by atoms with Crippen molar-refractivity contribution >= 4 is 29.2 Å². The first-order valence-electron chi connectivity index (χ1n) is 11.3. The summed E-state index contributed by atoms with van der Waals surface area (Å²) in [6, 6.07) is 14.6. The van der Waals surface area contributed by atoms with E-state index < -0.39 is 12.1 Å². The second-order valence-electron chi connectivity index (χ2n) is 8.67. The average molecular weight is 453 g/mol. The van der Waals surface area contributed by atoms with Crippen LogP contribution in [0.15, 0.2) is 54.6 Å². The lowest BCUT2D eigenvalue weighted by Crippen LogP contribution is -2.48. The number of anilines is 2. The Morgan fingerprint density at radius 3 is 2.27 bits per heavy atom. The fourth-order valence-corrected chi connectivity index (χ4v) is 3.82. The maximum atomic E-state index is 12.9. The molecule has 0 spiro atoms. The van der Waals surface area contributed by atoms with E-state index in [1.807, 2.05) is 32.0 Å². The first-order valence-corrected chi connectivity index (χ1v) is 11.3. The van der Waals surface area contributed by atoms with Crippen LogP contribution in [0.2, 0.25) is 0 Å². The number of urea groups is 1. The number of aliphatic hydroxyl groups excluding tert-OH is 1. The normalized spacial score (nSPS) is 15.1. The number of carbonyl (C=O) groups is 3. The molecule has 0 radical (unpaired) electrons. The van der Waals surface area contributed by atoms with Crippen LogP contribution in [-0.4, -0.2) is 53.6 Å². The molecule has 1 fully saturated rings. The Bertz CT molecular complexity index is 956. The molecule has 1 aliphatic rings. The van der Waals surface area contributed by atoms with E-state index in [1.54, 1.807) is 41.3 Å². The van der Waals surface area contributed by atoms with Crippen molar-refractivity contribution in [2.45, 2.75) is 32.7 Å². The third-order valence-electron chi connectivity index (χ3n) is 5.80. The van der Waals surface area contributed by atoms with E-state index in [1.165, 1.54) is 0 Å². The van der Waals surface area contributed by atoms with Gasteiger partial charge in [0.15, 0.2) is 0 Å². The maximum Gasteiger partial charge on any atom is 0.319 e. The molecule has 2 aromatic rings. The van der Waals surface area contributed by atoms with Gasteiger partial charge >= 0.3 is 6.03 Å². The predicted octanol–water partition coefficient (Wildman–Crippen LogP) is 3.32. The van der Waals surface area contributed by atoms with Crippen LogP contribution in [0, 0.1) is 11.8 Å². The van der Waals surface area contributed by atoms with Crippen LogP contribution in [0.1, 0.15) is 37.0 Å². The summed E-state index contributed by atoms with van der Waals surface area (Å²) in [7, 11) is 0. The van der Waals surface area contributed by atoms with Gasteiger partial charge in [-0.2, -0.15) is 0 Å². The monoisotopic (exact) mass is 452 g/mol. The summed E-state index contributed by atoms with van der Waals surface area (Å²) < 4.78 is 0. The van der Waals surface area contributed by atoms with Gasteiger partial charge in [-0.25, -0.2) is 4.79 Å². The molecule has 0 aromatic heterocycles. The Kier molecular flexibility index (Phi) is 8.43. The maximum absolute atomic E-state index is 12.9. The molecule has 0 bridgehead atoms. The highest BCUT2D eigenvalue weighted by Crippen LogP contribution is 2.20. The lowest BCUT2D eigenvalue weighted by molar-refractivity contribution is -0.118. The van der Waals surface area contributed by atoms with Crippen LogP contribution in [0.5, 0.6) is 0 Å². The second kappa shape index (κ2) is 11.5. The molecule has 1 aliphatic heterocycles. The first kappa shape index (κ1) is 24.3. The smallest absolute Gasteiger partial charge is 0.319 e. The van der Waals surface area contributed by atoms with Crippen molar-refractivity contribution in [3.05, 3.63) is 60.2 Å². The van der Waals surface area contributed by atoms with E-state index in [9.17, 15) is 19.5 Å². The first-order chi connectivity index (χ1) is 15.9. The number of amides is 4. The molecule has 8 heteroatoms. The summed E-state index contributed by atoms with van der Waals surface area (Å²) in [5.74, 6) is -0.353. The third kappa shape index (κ3) is 6.79. The number of rotatable bonds is 7. The number of piperidine rings is 1. The van der Waals surface area contributed by atoms with Gasteiger partial charge in [-0.15, -0.1) is 0 Å². The van der Waals surface area contributed by atoms with Crippen molar-refractivity contribution in [1.29, 1.82) is 0 Å². The lowest BCUT2D eigenvalue weighted by atomic mass is 9.97. The van der Waals surface area contributed by atoms with Crippen LogP contribution < -0.4 is 16.0 Å². The van der Waals surface area contributed by atoms with E-state index in [0.29, 0.717) is 30.0 Å². The number of nitrogens with one attached hydrogen (secondary N) is 3. The van der Waals surface area contributed by atoms with Crippen LogP contribution in [0.3, 0.4) is 0 Å². The van der Waals surface area contributed by atoms with Gasteiger partial charge in [-0.3, -0.25) is 9.59 Å². The third-order valence-corrected chi connectivity index (χ3v) is 5.80. The average Bonchev–Trinajstić information content (AvgIpc) is 2.82. The molecule has 8 nitrogen and oxygen atoms in total. The Morgan fingerprint density at radius 1 is 0.970 bits per heavy atom. The van der Waals surface area contributed by atoms with Crippen LogP contribution >= 0.6 is 0 Å². The molecule has 1 heterocycles. The van der Waals surface area contributed by atoms with Gasteiger partial charge in [0.05, 0.1) is 0 Å². The minimum atomic E-state index is -0.759. The molecular formula is C25H32N4O4. The fourth-order valence-electron chi connectivity index (χ4n) is 3.82. The highest BCUT2D eigenvalue weighted by atomic mass is 16.3. The van der Waals surface area contributed by atoms with Crippen molar-refractivity contribution < 1.29 is 19.5 Å². The van der Waals surface area contributed by atoms with E-state index >= 15 is 0 Å². The molecule has 3 rings (SSSR count). The van der Waals surface area contributed by atoms with E-state index in [4.69, 9.17) is 0 Å². The molecule has 4 amide bonds. The molecule has 1 atom stereocenters. The number of benzene rings is 2. The van der Waals surface area contributed by atoms with E-state index in [0.717, 1.165) is 12.8 Å². The minimum Gasteiger partial charge on any atom is -0.396 e. The summed E-state index contributed by atoms with van der Waals surface area (Å²) in [6.07, 6.45) is 1.57. The van der Waals surface area contributed by atoms with Gasteiger partial charge in [-0.05, 0) is 55.0 Å². The van der Waals surface area contributed by atoms with E-state index in [2.05, 4.69) is 16.0 Å². The number of aliphatic hydroxyl groups is 1. The lowest BCUT2D eigenvalue weighted by Gasteiger charge is -2.31. The summed E-state index contributed by atoms with van der Waals surface area (Å²) >= 11 is 0. The fraction of sp³-hybridized carbons (Fsp3) is 0.400. The highest BCUT2D eigenvalue weighted by molar-refractivity contribution is 6.01. The quantitative estimate of drug-likeness (QED) is 0.516. The number of hydrogen-bond acceptors (Lipinski definition) is 4. The Hall–Kier alpha value is -3.39. The predicted molar refractivity (Wildman–Crippen MR) is 128 cm³/mol. The molecular weight excluding hydrogens is 420 g/mol. The molecule has 4 N–H and O–H groups in total. The standard InChI is InChI=1S/C25H32N4O4/c1-17(2)22(28-25(33)27-20-8-4-3-5-9-20)23(31)26-21-10-6-7-19(15-21)24(32)29-13-11-18(16-30)12-14-29/h3-10,15,17-18,22,30H,11-14,16H2,1-2H3,(H,26,31)(H2,27,28,33). The van der Waals surface area contributed by atoms with Crippen LogP contribution in [0.25, 0.3) is 0 Å². The Labute approximate surface area is 194 Å². The van der Waals surface area contributed by atoms with Gasteiger partial charge in [0.25, 0.3) is 5.91 Å².